The maximum atomic E-state index is 12.7. The number of ether oxygens (including phenoxy) is 1. The smallest absolute Gasteiger partial charge is 0.330 e. The van der Waals surface area contributed by atoms with Gasteiger partial charge in [-0.25, -0.2) is 9.18 Å². The summed E-state index contributed by atoms with van der Waals surface area (Å²) in [6.07, 6.45) is 4.64. The van der Waals surface area contributed by atoms with Crippen LogP contribution in [-0.2, 0) is 16.0 Å². The molecule has 0 unspecified atom stereocenters. The molecule has 0 aromatic heterocycles. The van der Waals surface area contributed by atoms with E-state index < -0.39 is 0 Å². The number of hydrogen-bond donors (Lipinski definition) is 0. The topological polar surface area (TPSA) is 26.3 Å². The summed E-state index contributed by atoms with van der Waals surface area (Å²) in [5.41, 5.74) is 1.99. The highest BCUT2D eigenvalue weighted by molar-refractivity contribution is 5.86. The first-order valence-electron chi connectivity index (χ1n) is 6.88. The van der Waals surface area contributed by atoms with E-state index >= 15 is 0 Å². The predicted molar refractivity (Wildman–Crippen MR) is 81.2 cm³/mol. The van der Waals surface area contributed by atoms with Crippen LogP contribution in [0.3, 0.4) is 0 Å². The molecule has 3 heteroatoms. The first kappa shape index (κ1) is 15.0. The number of rotatable bonds is 6. The number of carbonyl (C=O) groups is 1. The van der Waals surface area contributed by atoms with E-state index in [4.69, 9.17) is 4.74 Å². The Balaban J connectivity index is 1.69. The Labute approximate surface area is 123 Å². The van der Waals surface area contributed by atoms with E-state index in [1.165, 1.54) is 23.8 Å². The predicted octanol–water partition coefficient (Wildman–Crippen LogP) is 4.01. The average Bonchev–Trinajstić information content (AvgIpc) is 2.52. The van der Waals surface area contributed by atoms with Crippen molar-refractivity contribution >= 4 is 12.0 Å². The highest BCUT2D eigenvalue weighted by atomic mass is 19.1. The lowest BCUT2D eigenvalue weighted by atomic mass is 10.1. The van der Waals surface area contributed by atoms with E-state index in [0.29, 0.717) is 6.61 Å². The number of benzene rings is 2. The van der Waals surface area contributed by atoms with Crippen molar-refractivity contribution in [3.63, 3.8) is 0 Å². The largest absolute Gasteiger partial charge is 0.463 e. The first-order valence-corrected chi connectivity index (χ1v) is 6.88. The Hall–Kier alpha value is -2.42. The molecule has 0 spiro atoms. The second kappa shape index (κ2) is 8.00. The number of esters is 1. The van der Waals surface area contributed by atoms with Crippen molar-refractivity contribution in [3.05, 3.63) is 77.6 Å². The standard InChI is InChI=1S/C18H17FO2/c19-17-11-8-16(9-12-17)10-13-18(20)21-14-4-7-15-5-2-1-3-6-15/h1-3,5-6,8-13H,4,7,14H2. The lowest BCUT2D eigenvalue weighted by Crippen LogP contribution is -2.03. The minimum absolute atomic E-state index is 0.296. The summed E-state index contributed by atoms with van der Waals surface area (Å²) in [7, 11) is 0. The van der Waals surface area contributed by atoms with Crippen LogP contribution >= 0.6 is 0 Å². The zero-order valence-electron chi connectivity index (χ0n) is 11.7. The SMILES string of the molecule is O=C(C=Cc1ccc(F)cc1)OCCCc1ccccc1. The molecular formula is C18H17FO2. The van der Waals surface area contributed by atoms with Crippen LogP contribution in [0.1, 0.15) is 17.5 Å². The van der Waals surface area contributed by atoms with Gasteiger partial charge in [-0.15, -0.1) is 0 Å². The molecule has 0 heterocycles. The normalized spacial score (nSPS) is 10.7. The Morgan fingerprint density at radius 2 is 1.76 bits per heavy atom. The van der Waals surface area contributed by atoms with E-state index in [0.717, 1.165) is 18.4 Å². The second-order valence-corrected chi connectivity index (χ2v) is 4.64. The fourth-order valence-corrected chi connectivity index (χ4v) is 1.88. The maximum Gasteiger partial charge on any atom is 0.330 e. The molecular weight excluding hydrogens is 267 g/mol. The van der Waals surface area contributed by atoms with Gasteiger partial charge in [0.05, 0.1) is 6.61 Å². The van der Waals surface area contributed by atoms with Crippen LogP contribution in [0.4, 0.5) is 4.39 Å². The highest BCUT2D eigenvalue weighted by Gasteiger charge is 1.98. The van der Waals surface area contributed by atoms with Crippen molar-refractivity contribution in [2.45, 2.75) is 12.8 Å². The molecule has 0 bridgehead atoms. The quantitative estimate of drug-likeness (QED) is 0.455. The molecule has 21 heavy (non-hydrogen) atoms. The lowest BCUT2D eigenvalue weighted by molar-refractivity contribution is -0.137. The number of carbonyl (C=O) groups excluding carboxylic acids is 1. The third-order valence-corrected chi connectivity index (χ3v) is 2.98. The van der Waals surface area contributed by atoms with Crippen molar-refractivity contribution in [1.82, 2.24) is 0 Å². The summed E-state index contributed by atoms with van der Waals surface area (Å²) >= 11 is 0. The fraction of sp³-hybridized carbons (Fsp3) is 0.167. The van der Waals surface area contributed by atoms with Gasteiger partial charge in [-0.2, -0.15) is 0 Å². The van der Waals surface area contributed by atoms with Crippen LogP contribution in [0.25, 0.3) is 6.08 Å². The van der Waals surface area contributed by atoms with Gasteiger partial charge in [-0.05, 0) is 42.2 Å². The molecule has 0 N–H and O–H groups in total. The van der Waals surface area contributed by atoms with Crippen molar-refractivity contribution in [1.29, 1.82) is 0 Å². The van der Waals surface area contributed by atoms with Crippen LogP contribution in [0.5, 0.6) is 0 Å². The minimum Gasteiger partial charge on any atom is -0.463 e. The summed E-state index contributed by atoms with van der Waals surface area (Å²) in [6.45, 7) is 0.390. The third kappa shape index (κ3) is 5.61. The number of aryl methyl sites for hydroxylation is 1. The maximum absolute atomic E-state index is 12.7. The van der Waals surface area contributed by atoms with Crippen LogP contribution in [-0.4, -0.2) is 12.6 Å². The van der Waals surface area contributed by atoms with E-state index in [2.05, 4.69) is 12.1 Å². The molecule has 0 aliphatic heterocycles. The summed E-state index contributed by atoms with van der Waals surface area (Å²) in [4.78, 5) is 11.5. The van der Waals surface area contributed by atoms with Gasteiger partial charge in [0.25, 0.3) is 0 Å². The monoisotopic (exact) mass is 284 g/mol. The molecule has 108 valence electrons. The Bertz CT molecular complexity index is 588. The molecule has 0 saturated carbocycles. The lowest BCUT2D eigenvalue weighted by Gasteiger charge is -2.02. The molecule has 2 aromatic carbocycles. The number of halogens is 1. The minimum atomic E-state index is -0.382. The summed E-state index contributed by atoms with van der Waals surface area (Å²) in [6, 6.07) is 16.0. The van der Waals surface area contributed by atoms with Crippen molar-refractivity contribution < 1.29 is 13.9 Å². The Morgan fingerprint density at radius 3 is 2.48 bits per heavy atom. The van der Waals surface area contributed by atoms with E-state index in [1.807, 2.05) is 18.2 Å². The first-order chi connectivity index (χ1) is 10.2. The third-order valence-electron chi connectivity index (χ3n) is 2.98. The molecule has 0 amide bonds. The van der Waals surface area contributed by atoms with Crippen LogP contribution < -0.4 is 0 Å². The molecule has 0 atom stereocenters. The van der Waals surface area contributed by atoms with Gasteiger partial charge in [0.2, 0.25) is 0 Å². The van der Waals surface area contributed by atoms with Crippen LogP contribution in [0.2, 0.25) is 0 Å². The zero-order valence-corrected chi connectivity index (χ0v) is 11.7. The van der Waals surface area contributed by atoms with Gasteiger partial charge in [0, 0.05) is 6.08 Å². The molecule has 2 rings (SSSR count). The van der Waals surface area contributed by atoms with Crippen molar-refractivity contribution in [2.75, 3.05) is 6.61 Å². The van der Waals surface area contributed by atoms with Gasteiger partial charge in [-0.1, -0.05) is 42.5 Å². The van der Waals surface area contributed by atoms with Crippen LogP contribution in [0.15, 0.2) is 60.7 Å². The van der Waals surface area contributed by atoms with Crippen molar-refractivity contribution in [2.24, 2.45) is 0 Å². The highest BCUT2D eigenvalue weighted by Crippen LogP contribution is 2.05. The number of hydrogen-bond acceptors (Lipinski definition) is 2. The van der Waals surface area contributed by atoms with Gasteiger partial charge in [-0.3, -0.25) is 0 Å². The van der Waals surface area contributed by atoms with Crippen LogP contribution in [0, 0.1) is 5.82 Å². The zero-order chi connectivity index (χ0) is 14.9. The van der Waals surface area contributed by atoms with Gasteiger partial charge < -0.3 is 4.74 Å². The van der Waals surface area contributed by atoms with Gasteiger partial charge >= 0.3 is 5.97 Å². The Morgan fingerprint density at radius 1 is 1.05 bits per heavy atom. The van der Waals surface area contributed by atoms with E-state index in [1.54, 1.807) is 18.2 Å². The molecule has 0 aliphatic rings. The molecule has 0 radical (unpaired) electrons. The molecule has 2 aromatic rings. The van der Waals surface area contributed by atoms with Crippen molar-refractivity contribution in [3.8, 4) is 0 Å². The van der Waals surface area contributed by atoms with Gasteiger partial charge in [0.1, 0.15) is 5.82 Å². The molecule has 0 fully saturated rings. The molecule has 0 saturated heterocycles. The summed E-state index contributed by atoms with van der Waals surface area (Å²) < 4.78 is 17.8. The van der Waals surface area contributed by atoms with E-state index in [-0.39, 0.29) is 11.8 Å². The van der Waals surface area contributed by atoms with Gasteiger partial charge in [0.15, 0.2) is 0 Å². The second-order valence-electron chi connectivity index (χ2n) is 4.64. The molecule has 0 aliphatic carbocycles. The summed E-state index contributed by atoms with van der Waals surface area (Å²) in [5, 5.41) is 0. The van der Waals surface area contributed by atoms with E-state index in [9.17, 15) is 9.18 Å². The Kier molecular flexibility index (Phi) is 5.71. The molecule has 2 nitrogen and oxygen atoms in total. The average molecular weight is 284 g/mol. The fourth-order valence-electron chi connectivity index (χ4n) is 1.88. The summed E-state index contributed by atoms with van der Waals surface area (Å²) in [5.74, 6) is -0.678.